The van der Waals surface area contributed by atoms with Crippen LogP contribution in [-0.4, -0.2) is 17.7 Å². The van der Waals surface area contributed by atoms with Crippen LogP contribution in [-0.2, 0) is 15.1 Å². The van der Waals surface area contributed by atoms with Crippen molar-refractivity contribution >= 4 is 17.8 Å². The third-order valence-corrected chi connectivity index (χ3v) is 6.23. The second-order valence-electron chi connectivity index (χ2n) is 7.30. The van der Waals surface area contributed by atoms with Gasteiger partial charge >= 0.3 is 12.6 Å². The average Bonchev–Trinajstić information content (AvgIpc) is 3.28. The Bertz CT molecular complexity index is 633. The van der Waals surface area contributed by atoms with Crippen LogP contribution in [0.25, 0.3) is 0 Å². The fourth-order valence-electron chi connectivity index (χ4n) is 5.07. The van der Waals surface area contributed by atoms with Crippen LogP contribution in [0, 0.1) is 11.8 Å². The van der Waals surface area contributed by atoms with Gasteiger partial charge in [-0.25, -0.2) is 4.79 Å². The zero-order valence-corrected chi connectivity index (χ0v) is 14.8. The molecular formula is C19H23ClO5. The number of rotatable bonds is 3. The molecule has 1 aromatic carbocycles. The molecular weight excluding hydrogens is 344 g/mol. The second-order valence-corrected chi connectivity index (χ2v) is 7.74. The van der Waals surface area contributed by atoms with Gasteiger partial charge in [0, 0.05) is 10.6 Å². The van der Waals surface area contributed by atoms with Crippen LogP contribution in [0.15, 0.2) is 18.2 Å². The van der Waals surface area contributed by atoms with Gasteiger partial charge in [0.15, 0.2) is 0 Å². The first-order valence-electron chi connectivity index (χ1n) is 9.13. The van der Waals surface area contributed by atoms with E-state index in [0.29, 0.717) is 22.6 Å². The Morgan fingerprint density at radius 1 is 1.12 bits per heavy atom. The van der Waals surface area contributed by atoms with Crippen LogP contribution in [0.3, 0.4) is 0 Å². The largest absolute Gasteiger partial charge is 0.510 e. The molecule has 1 heterocycles. The summed E-state index contributed by atoms with van der Waals surface area (Å²) in [6.07, 6.45) is 7.57. The lowest BCUT2D eigenvalue weighted by molar-refractivity contribution is -0.319. The van der Waals surface area contributed by atoms with Crippen molar-refractivity contribution in [2.24, 2.45) is 11.8 Å². The number of benzene rings is 1. The maximum absolute atomic E-state index is 11.1. The molecule has 1 aromatic rings. The van der Waals surface area contributed by atoms with E-state index >= 15 is 0 Å². The summed E-state index contributed by atoms with van der Waals surface area (Å²) in [6.45, 7) is -1.23. The first kappa shape index (κ1) is 17.0. The van der Waals surface area contributed by atoms with Crippen molar-refractivity contribution in [3.63, 3.8) is 0 Å². The molecule has 0 bridgehead atoms. The molecule has 4 rings (SSSR count). The number of fused-ring (bicyclic) bond motifs is 1. The maximum Gasteiger partial charge on any atom is 0.510 e. The number of ether oxygens (including phenoxy) is 3. The van der Waals surface area contributed by atoms with Crippen molar-refractivity contribution in [2.75, 3.05) is 0 Å². The number of carbonyl (C=O) groups is 1. The summed E-state index contributed by atoms with van der Waals surface area (Å²) >= 11 is 6.30. The van der Waals surface area contributed by atoms with E-state index < -0.39 is 18.2 Å². The highest BCUT2D eigenvalue weighted by Gasteiger charge is 2.55. The van der Waals surface area contributed by atoms with E-state index in [4.69, 9.17) is 30.9 Å². The van der Waals surface area contributed by atoms with Crippen LogP contribution in [0.4, 0.5) is 4.79 Å². The monoisotopic (exact) mass is 366 g/mol. The van der Waals surface area contributed by atoms with Gasteiger partial charge in [-0.05, 0) is 55.7 Å². The third-order valence-electron chi connectivity index (χ3n) is 6.00. The highest BCUT2D eigenvalue weighted by atomic mass is 35.5. The van der Waals surface area contributed by atoms with Crippen molar-refractivity contribution < 1.29 is 24.1 Å². The summed E-state index contributed by atoms with van der Waals surface area (Å²) in [5.41, 5.74) is 0.384. The Labute approximate surface area is 152 Å². The van der Waals surface area contributed by atoms with Gasteiger partial charge in [0.25, 0.3) is 0 Å². The minimum absolute atomic E-state index is 0.330. The van der Waals surface area contributed by atoms with Crippen LogP contribution < -0.4 is 4.74 Å². The van der Waals surface area contributed by atoms with E-state index in [1.54, 1.807) is 12.1 Å². The highest BCUT2D eigenvalue weighted by Crippen LogP contribution is 2.57. The topological polar surface area (TPSA) is 65.0 Å². The molecule has 1 N–H and O–H groups in total. The lowest BCUT2D eigenvalue weighted by atomic mass is 9.70. The van der Waals surface area contributed by atoms with Gasteiger partial charge < -0.3 is 14.6 Å². The van der Waals surface area contributed by atoms with Gasteiger partial charge in [-0.3, -0.25) is 4.74 Å². The molecule has 2 saturated carbocycles. The molecule has 1 atom stereocenters. The predicted molar refractivity (Wildman–Crippen MR) is 91.7 cm³/mol. The lowest BCUT2D eigenvalue weighted by Gasteiger charge is -2.48. The van der Waals surface area contributed by atoms with Crippen molar-refractivity contribution in [1.82, 2.24) is 0 Å². The average molecular weight is 367 g/mol. The zero-order chi connectivity index (χ0) is 17.4. The van der Waals surface area contributed by atoms with Crippen LogP contribution in [0.2, 0.25) is 5.02 Å². The summed E-state index contributed by atoms with van der Waals surface area (Å²) in [5.74, 6) is 1.29. The van der Waals surface area contributed by atoms with Gasteiger partial charge in [0.1, 0.15) is 11.4 Å². The molecule has 0 aromatic heterocycles. The molecule has 0 saturated heterocycles. The van der Waals surface area contributed by atoms with Crippen LogP contribution >= 0.6 is 11.6 Å². The predicted octanol–water partition coefficient (Wildman–Crippen LogP) is 5.30. The molecule has 3 aliphatic rings. The fourth-order valence-corrected chi connectivity index (χ4v) is 5.24. The SMILES string of the molecule is O=C(O)OC1Oc2ccc(Cl)cc2C(C2CCCC2)(C2CCCC2)O1. The van der Waals surface area contributed by atoms with Gasteiger partial charge in [-0.1, -0.05) is 37.3 Å². The minimum atomic E-state index is -1.39. The van der Waals surface area contributed by atoms with E-state index in [1.807, 2.05) is 6.07 Å². The second kappa shape index (κ2) is 6.69. The summed E-state index contributed by atoms with van der Waals surface area (Å²) in [4.78, 5) is 11.1. The van der Waals surface area contributed by atoms with Crippen LogP contribution in [0.5, 0.6) is 5.75 Å². The fraction of sp³-hybridized carbons (Fsp3) is 0.632. The Morgan fingerprint density at radius 2 is 1.72 bits per heavy atom. The summed E-state index contributed by atoms with van der Waals surface area (Å²) < 4.78 is 16.9. The first-order chi connectivity index (χ1) is 12.1. The number of halogens is 1. The molecule has 2 aliphatic carbocycles. The molecule has 0 amide bonds. The summed E-state index contributed by atoms with van der Waals surface area (Å²) in [7, 11) is 0. The van der Waals surface area contributed by atoms with E-state index in [9.17, 15) is 4.79 Å². The quantitative estimate of drug-likeness (QED) is 0.735. The number of hydrogen-bond acceptors (Lipinski definition) is 4. The standard InChI is InChI=1S/C19H23ClO5/c20-14-9-10-16-15(11-14)19(12-5-1-2-6-12,13-7-3-4-8-13)25-18(23-16)24-17(21)22/h9-13,18H,1-8H2,(H,21,22). The van der Waals surface area contributed by atoms with E-state index in [2.05, 4.69) is 0 Å². The van der Waals surface area contributed by atoms with Crippen molar-refractivity contribution in [3.05, 3.63) is 28.8 Å². The molecule has 25 heavy (non-hydrogen) atoms. The van der Waals surface area contributed by atoms with Crippen molar-refractivity contribution in [2.45, 2.75) is 63.4 Å². The Kier molecular flexibility index (Phi) is 4.54. The van der Waals surface area contributed by atoms with Gasteiger partial charge in [0.05, 0.1) is 0 Å². The maximum atomic E-state index is 11.1. The first-order valence-corrected chi connectivity index (χ1v) is 9.51. The third kappa shape index (κ3) is 2.97. The molecule has 1 unspecified atom stereocenters. The summed E-state index contributed by atoms with van der Waals surface area (Å²) in [6, 6.07) is 5.50. The van der Waals surface area contributed by atoms with Gasteiger partial charge in [-0.15, -0.1) is 0 Å². The molecule has 136 valence electrons. The molecule has 0 radical (unpaired) electrons. The summed E-state index contributed by atoms with van der Waals surface area (Å²) in [5, 5.41) is 9.70. The Hall–Kier alpha value is -1.46. The highest BCUT2D eigenvalue weighted by molar-refractivity contribution is 6.30. The van der Waals surface area contributed by atoms with Gasteiger partial charge in [-0.2, -0.15) is 0 Å². The normalized spacial score (nSPS) is 26.2. The lowest BCUT2D eigenvalue weighted by Crippen LogP contribution is -2.51. The smallest absolute Gasteiger partial charge is 0.450 e. The van der Waals surface area contributed by atoms with Gasteiger partial charge in [0.2, 0.25) is 0 Å². The molecule has 5 nitrogen and oxygen atoms in total. The molecule has 1 aliphatic heterocycles. The van der Waals surface area contributed by atoms with Crippen LogP contribution in [0.1, 0.15) is 56.9 Å². The van der Waals surface area contributed by atoms with Crippen molar-refractivity contribution in [1.29, 1.82) is 0 Å². The Morgan fingerprint density at radius 3 is 2.28 bits per heavy atom. The molecule has 0 spiro atoms. The number of hydrogen-bond donors (Lipinski definition) is 1. The van der Waals surface area contributed by atoms with E-state index in [1.165, 1.54) is 25.7 Å². The van der Waals surface area contributed by atoms with E-state index in [-0.39, 0.29) is 0 Å². The minimum Gasteiger partial charge on any atom is -0.450 e. The van der Waals surface area contributed by atoms with E-state index in [0.717, 1.165) is 31.2 Å². The molecule has 2 fully saturated rings. The Balaban J connectivity index is 1.83. The zero-order valence-electron chi connectivity index (χ0n) is 14.1. The molecule has 6 heteroatoms. The number of carboxylic acid groups (broad SMARTS) is 1. The van der Waals surface area contributed by atoms with Crippen molar-refractivity contribution in [3.8, 4) is 5.75 Å².